The van der Waals surface area contributed by atoms with E-state index in [1.807, 2.05) is 18.2 Å². The van der Waals surface area contributed by atoms with Crippen molar-refractivity contribution in [2.24, 2.45) is 0 Å². The molecule has 1 N–H and O–H groups in total. The number of ether oxygens (including phenoxy) is 1. The molecule has 7 nitrogen and oxygen atoms in total. The minimum Gasteiger partial charge on any atom is -0.394 e. The van der Waals surface area contributed by atoms with Crippen LogP contribution in [0.2, 0.25) is 5.02 Å². The summed E-state index contributed by atoms with van der Waals surface area (Å²) in [5, 5.41) is 17.7. The second-order valence-electron chi connectivity index (χ2n) is 5.60. The van der Waals surface area contributed by atoms with Crippen molar-refractivity contribution in [1.82, 2.24) is 19.7 Å². The molecule has 2 heterocycles. The van der Waals surface area contributed by atoms with Gasteiger partial charge in [0.05, 0.1) is 19.3 Å². The number of carbonyl (C=O) groups is 1. The van der Waals surface area contributed by atoms with Gasteiger partial charge in [0.1, 0.15) is 18.8 Å². The van der Waals surface area contributed by atoms with Crippen molar-refractivity contribution in [3.05, 3.63) is 47.5 Å². The van der Waals surface area contributed by atoms with Gasteiger partial charge in [-0.1, -0.05) is 29.8 Å². The lowest BCUT2D eigenvalue weighted by Gasteiger charge is -2.41. The van der Waals surface area contributed by atoms with Gasteiger partial charge in [-0.05, 0) is 11.6 Å². The van der Waals surface area contributed by atoms with E-state index in [1.54, 1.807) is 28.2 Å². The Kier molecular flexibility index (Phi) is 5.44. The van der Waals surface area contributed by atoms with Gasteiger partial charge in [-0.2, -0.15) is 0 Å². The number of carbonyl (C=O) groups excluding carboxylic acids is 1. The highest BCUT2D eigenvalue weighted by molar-refractivity contribution is 6.31. The molecule has 1 fully saturated rings. The standard InChI is InChI=1S/C16H19ClN4O3/c17-13-4-2-1-3-12(13)16-14(9-22)24-8-7-21(16)15(23)5-6-20-10-18-19-11-20/h1-4,10-11,14,16,22H,5-9H2/t14-,16-/m0/s1. The zero-order chi connectivity index (χ0) is 16.9. The summed E-state index contributed by atoms with van der Waals surface area (Å²) in [5.74, 6) is -0.0182. The molecule has 0 aliphatic carbocycles. The van der Waals surface area contributed by atoms with Gasteiger partial charge in [-0.15, -0.1) is 10.2 Å². The van der Waals surface area contributed by atoms with E-state index < -0.39 is 12.1 Å². The smallest absolute Gasteiger partial charge is 0.225 e. The van der Waals surface area contributed by atoms with E-state index in [-0.39, 0.29) is 12.5 Å². The Hall–Kier alpha value is -1.96. The molecule has 1 saturated heterocycles. The van der Waals surface area contributed by atoms with E-state index in [0.29, 0.717) is 31.1 Å². The fraction of sp³-hybridized carbons (Fsp3) is 0.438. The molecule has 1 aliphatic rings. The third-order valence-corrected chi connectivity index (χ3v) is 4.47. The Morgan fingerprint density at radius 3 is 2.79 bits per heavy atom. The van der Waals surface area contributed by atoms with Crippen LogP contribution in [0.25, 0.3) is 0 Å². The third kappa shape index (κ3) is 3.58. The second kappa shape index (κ2) is 7.74. The largest absolute Gasteiger partial charge is 0.394 e. The zero-order valence-electron chi connectivity index (χ0n) is 13.1. The molecule has 24 heavy (non-hydrogen) atoms. The molecular formula is C16H19ClN4O3. The lowest BCUT2D eigenvalue weighted by Crippen LogP contribution is -2.49. The predicted octanol–water partition coefficient (Wildman–Crippen LogP) is 1.28. The molecule has 128 valence electrons. The summed E-state index contributed by atoms with van der Waals surface area (Å²) in [6.45, 7) is 1.19. The van der Waals surface area contributed by atoms with Crippen molar-refractivity contribution in [3.63, 3.8) is 0 Å². The lowest BCUT2D eigenvalue weighted by molar-refractivity contribution is -0.150. The number of aliphatic hydroxyl groups excluding tert-OH is 1. The topological polar surface area (TPSA) is 80.5 Å². The van der Waals surface area contributed by atoms with Gasteiger partial charge in [0.15, 0.2) is 0 Å². The van der Waals surface area contributed by atoms with Crippen LogP contribution in [-0.2, 0) is 16.1 Å². The molecule has 0 unspecified atom stereocenters. The first-order valence-corrected chi connectivity index (χ1v) is 8.17. The number of amides is 1. The molecule has 3 rings (SSSR count). The summed E-state index contributed by atoms with van der Waals surface area (Å²) in [5.41, 5.74) is 0.788. The van der Waals surface area contributed by atoms with Gasteiger partial charge in [0.25, 0.3) is 0 Å². The lowest BCUT2D eigenvalue weighted by atomic mass is 9.97. The molecule has 2 aromatic rings. The SMILES string of the molecule is O=C(CCn1cnnc1)N1CCO[C@@H](CO)[C@@H]1c1ccccc1Cl. The Bertz CT molecular complexity index is 680. The van der Waals surface area contributed by atoms with E-state index >= 15 is 0 Å². The number of aliphatic hydroxyl groups is 1. The van der Waals surface area contributed by atoms with Crippen molar-refractivity contribution < 1.29 is 14.6 Å². The molecule has 1 aromatic carbocycles. The molecule has 1 aromatic heterocycles. The number of nitrogens with zero attached hydrogens (tertiary/aromatic N) is 4. The highest BCUT2D eigenvalue weighted by atomic mass is 35.5. The first-order valence-electron chi connectivity index (χ1n) is 7.79. The van der Waals surface area contributed by atoms with Crippen LogP contribution in [0.5, 0.6) is 0 Å². The molecule has 0 radical (unpaired) electrons. The van der Waals surface area contributed by atoms with Gasteiger partial charge >= 0.3 is 0 Å². The Morgan fingerprint density at radius 2 is 2.08 bits per heavy atom. The average molecular weight is 351 g/mol. The van der Waals surface area contributed by atoms with Gasteiger partial charge in [0, 0.05) is 24.5 Å². The van der Waals surface area contributed by atoms with Crippen LogP contribution in [0.3, 0.4) is 0 Å². The molecule has 0 spiro atoms. The summed E-state index contributed by atoms with van der Waals surface area (Å²) in [4.78, 5) is 14.5. The minimum atomic E-state index is -0.488. The summed E-state index contributed by atoms with van der Waals surface area (Å²) >= 11 is 6.31. The number of aryl methyl sites for hydroxylation is 1. The maximum Gasteiger partial charge on any atom is 0.225 e. The van der Waals surface area contributed by atoms with Crippen LogP contribution in [0, 0.1) is 0 Å². The number of morpholine rings is 1. The van der Waals surface area contributed by atoms with Crippen molar-refractivity contribution >= 4 is 17.5 Å². The normalized spacial score (nSPS) is 21.0. The molecule has 1 amide bonds. The number of hydrogen-bond acceptors (Lipinski definition) is 5. The van der Waals surface area contributed by atoms with Crippen molar-refractivity contribution in [1.29, 1.82) is 0 Å². The van der Waals surface area contributed by atoms with Crippen LogP contribution < -0.4 is 0 Å². The Balaban J connectivity index is 1.80. The predicted molar refractivity (Wildman–Crippen MR) is 87.4 cm³/mol. The Morgan fingerprint density at radius 1 is 1.33 bits per heavy atom. The monoisotopic (exact) mass is 350 g/mol. The second-order valence-corrected chi connectivity index (χ2v) is 6.00. The summed E-state index contributed by atoms with van der Waals surface area (Å²) in [6, 6.07) is 6.95. The molecule has 8 heteroatoms. The molecule has 0 saturated carbocycles. The van der Waals surface area contributed by atoms with Gasteiger partial charge in [-0.25, -0.2) is 0 Å². The highest BCUT2D eigenvalue weighted by Crippen LogP contribution is 2.34. The van der Waals surface area contributed by atoms with Crippen LogP contribution in [-0.4, -0.2) is 56.5 Å². The third-order valence-electron chi connectivity index (χ3n) is 4.13. The zero-order valence-corrected chi connectivity index (χ0v) is 13.8. The van der Waals surface area contributed by atoms with Crippen LogP contribution in [0.15, 0.2) is 36.9 Å². The fourth-order valence-corrected chi connectivity index (χ4v) is 3.20. The van der Waals surface area contributed by atoms with Gasteiger partial charge in [0.2, 0.25) is 5.91 Å². The minimum absolute atomic E-state index is 0.0182. The number of halogens is 1. The van der Waals surface area contributed by atoms with E-state index in [1.165, 1.54) is 0 Å². The number of benzene rings is 1. The van der Waals surface area contributed by atoms with E-state index in [9.17, 15) is 9.90 Å². The number of aromatic nitrogens is 3. The van der Waals surface area contributed by atoms with E-state index in [0.717, 1.165) is 5.56 Å². The number of hydrogen-bond donors (Lipinski definition) is 1. The van der Waals surface area contributed by atoms with Crippen molar-refractivity contribution in [2.45, 2.75) is 25.1 Å². The molecular weight excluding hydrogens is 332 g/mol. The van der Waals surface area contributed by atoms with Crippen LogP contribution >= 0.6 is 11.6 Å². The van der Waals surface area contributed by atoms with E-state index in [4.69, 9.17) is 16.3 Å². The quantitative estimate of drug-likeness (QED) is 0.878. The van der Waals surface area contributed by atoms with Gasteiger partial charge < -0.3 is 19.3 Å². The first kappa shape index (κ1) is 16.9. The summed E-state index contributed by atoms with van der Waals surface area (Å²) < 4.78 is 7.41. The van der Waals surface area contributed by atoms with Gasteiger partial charge in [-0.3, -0.25) is 4.79 Å². The van der Waals surface area contributed by atoms with Crippen LogP contribution in [0.4, 0.5) is 0 Å². The average Bonchev–Trinajstić information content (AvgIpc) is 3.13. The highest BCUT2D eigenvalue weighted by Gasteiger charge is 2.36. The fourth-order valence-electron chi connectivity index (χ4n) is 2.95. The summed E-state index contributed by atoms with van der Waals surface area (Å²) in [6.07, 6.45) is 2.98. The van der Waals surface area contributed by atoms with Crippen LogP contribution in [0.1, 0.15) is 18.0 Å². The van der Waals surface area contributed by atoms with E-state index in [2.05, 4.69) is 10.2 Å². The molecule has 1 aliphatic heterocycles. The maximum atomic E-state index is 12.7. The first-order chi connectivity index (χ1) is 11.7. The van der Waals surface area contributed by atoms with Crippen molar-refractivity contribution in [2.75, 3.05) is 19.8 Å². The number of rotatable bonds is 5. The summed E-state index contributed by atoms with van der Waals surface area (Å²) in [7, 11) is 0. The van der Waals surface area contributed by atoms with Crippen molar-refractivity contribution in [3.8, 4) is 0 Å². The maximum absolute atomic E-state index is 12.7. The molecule has 2 atom stereocenters. The Labute approximate surface area is 144 Å². The molecule has 0 bridgehead atoms.